The van der Waals surface area contributed by atoms with Gasteiger partial charge < -0.3 is 5.11 Å². The van der Waals surface area contributed by atoms with E-state index in [0.717, 1.165) is 16.0 Å². The first kappa shape index (κ1) is 14.7. The first-order chi connectivity index (χ1) is 9.52. The Morgan fingerprint density at radius 2 is 2.15 bits per heavy atom. The Hall–Kier alpha value is -1.71. The second-order valence-electron chi connectivity index (χ2n) is 4.84. The second kappa shape index (κ2) is 6.16. The quantitative estimate of drug-likeness (QED) is 0.661. The first-order valence-electron chi connectivity index (χ1n) is 6.53. The third kappa shape index (κ3) is 3.06. The summed E-state index contributed by atoms with van der Waals surface area (Å²) in [5.41, 5.74) is 2.91. The minimum atomic E-state index is -0.563. The summed E-state index contributed by atoms with van der Waals surface area (Å²) in [6, 6.07) is 8.54. The van der Waals surface area contributed by atoms with E-state index in [0.29, 0.717) is 0 Å². The molecule has 0 fully saturated rings. The number of aliphatic hydroxyl groups is 1. The van der Waals surface area contributed by atoms with E-state index in [1.165, 1.54) is 15.6 Å². The predicted molar refractivity (Wildman–Crippen MR) is 89.8 cm³/mol. The third-order valence-electron chi connectivity index (χ3n) is 3.17. The van der Waals surface area contributed by atoms with Crippen molar-refractivity contribution in [2.45, 2.75) is 20.0 Å². The maximum absolute atomic E-state index is 9.90. The van der Waals surface area contributed by atoms with Gasteiger partial charge in [-0.05, 0) is 48.6 Å². The van der Waals surface area contributed by atoms with Gasteiger partial charge in [0, 0.05) is 22.8 Å². The molecule has 0 saturated heterocycles. The number of nitrogens with zero attached hydrogens (tertiary/aromatic N) is 1. The lowest BCUT2D eigenvalue weighted by Crippen LogP contribution is -2.06. The van der Waals surface area contributed by atoms with Gasteiger partial charge in [-0.2, -0.15) is 0 Å². The topological polar surface area (TPSA) is 32.6 Å². The van der Waals surface area contributed by atoms with Crippen LogP contribution in [0, 0.1) is 6.92 Å². The van der Waals surface area contributed by atoms with Crippen molar-refractivity contribution in [1.29, 1.82) is 0 Å². The maximum Gasteiger partial charge on any atom is 0.0768 e. The molecule has 2 nitrogen and oxygen atoms in total. The number of aryl methyl sites for hydroxylation is 1. The lowest BCUT2D eigenvalue weighted by atomic mass is 10.0. The van der Waals surface area contributed by atoms with Gasteiger partial charge in [0.2, 0.25) is 0 Å². The highest BCUT2D eigenvalue weighted by Crippen LogP contribution is 2.34. The fourth-order valence-corrected chi connectivity index (χ4v) is 3.14. The average molecular weight is 285 g/mol. The molecule has 0 aliphatic heterocycles. The Morgan fingerprint density at radius 3 is 2.80 bits per heavy atom. The highest BCUT2D eigenvalue weighted by molar-refractivity contribution is 7.20. The molecule has 104 valence electrons. The van der Waals surface area contributed by atoms with Crippen LogP contribution in [-0.2, 0) is 0 Å². The van der Waals surface area contributed by atoms with Gasteiger partial charge in [0.15, 0.2) is 0 Å². The average Bonchev–Trinajstić information content (AvgIpc) is 2.81. The molecule has 0 saturated carbocycles. The Morgan fingerprint density at radius 1 is 1.40 bits per heavy atom. The highest BCUT2D eigenvalue weighted by Gasteiger charge is 2.13. The number of aliphatic imine (C=N–C) groups is 1. The van der Waals surface area contributed by atoms with Gasteiger partial charge in [0.1, 0.15) is 0 Å². The molecule has 20 heavy (non-hydrogen) atoms. The zero-order chi connectivity index (χ0) is 14.7. The molecule has 1 aromatic heterocycles. The fraction of sp³-hybridized carbons (Fsp3) is 0.235. The van der Waals surface area contributed by atoms with E-state index >= 15 is 0 Å². The van der Waals surface area contributed by atoms with E-state index in [2.05, 4.69) is 42.8 Å². The largest absolute Gasteiger partial charge is 0.389 e. The Labute approximate surface area is 123 Å². The molecule has 0 aliphatic rings. The second-order valence-corrected chi connectivity index (χ2v) is 5.92. The normalized spacial score (nSPS) is 14.1. The number of fused-ring (bicyclic) bond motifs is 1. The van der Waals surface area contributed by atoms with E-state index in [9.17, 15) is 5.11 Å². The summed E-state index contributed by atoms with van der Waals surface area (Å²) in [4.78, 5) is 5.02. The van der Waals surface area contributed by atoms with Crippen molar-refractivity contribution in [2.24, 2.45) is 4.99 Å². The van der Waals surface area contributed by atoms with Crippen LogP contribution in [0.2, 0.25) is 0 Å². The van der Waals surface area contributed by atoms with Crippen LogP contribution in [-0.4, -0.2) is 24.5 Å². The van der Waals surface area contributed by atoms with Crippen molar-refractivity contribution in [3.05, 3.63) is 52.9 Å². The SMILES string of the molecule is C=C(/C(=C\C=NC)C(C)O)c1cc2cc(C)ccc2s1. The lowest BCUT2D eigenvalue weighted by molar-refractivity contribution is 0.237. The summed E-state index contributed by atoms with van der Waals surface area (Å²) in [6.45, 7) is 7.97. The van der Waals surface area contributed by atoms with Crippen molar-refractivity contribution in [1.82, 2.24) is 0 Å². The molecule has 0 amide bonds. The number of hydrogen-bond donors (Lipinski definition) is 1. The van der Waals surface area contributed by atoms with Crippen LogP contribution in [0.4, 0.5) is 0 Å². The van der Waals surface area contributed by atoms with E-state index in [1.807, 2.05) is 6.08 Å². The van der Waals surface area contributed by atoms with Gasteiger partial charge in [-0.15, -0.1) is 11.3 Å². The van der Waals surface area contributed by atoms with E-state index in [1.54, 1.807) is 31.5 Å². The number of aliphatic hydroxyl groups excluding tert-OH is 1. The van der Waals surface area contributed by atoms with E-state index < -0.39 is 6.10 Å². The van der Waals surface area contributed by atoms with Gasteiger partial charge in [0.05, 0.1) is 6.10 Å². The molecule has 2 rings (SSSR count). The summed E-state index contributed by atoms with van der Waals surface area (Å²) >= 11 is 1.70. The molecule has 0 radical (unpaired) electrons. The lowest BCUT2D eigenvalue weighted by Gasteiger charge is -2.11. The highest BCUT2D eigenvalue weighted by atomic mass is 32.1. The van der Waals surface area contributed by atoms with Crippen molar-refractivity contribution >= 4 is 33.2 Å². The van der Waals surface area contributed by atoms with Gasteiger partial charge in [-0.3, -0.25) is 4.99 Å². The Balaban J connectivity index is 2.43. The molecule has 1 unspecified atom stereocenters. The van der Waals surface area contributed by atoms with Crippen LogP contribution in [0.5, 0.6) is 0 Å². The number of benzene rings is 1. The van der Waals surface area contributed by atoms with Crippen molar-refractivity contribution < 1.29 is 5.11 Å². The summed E-state index contributed by atoms with van der Waals surface area (Å²) < 4.78 is 1.24. The zero-order valence-corrected chi connectivity index (χ0v) is 12.9. The summed E-state index contributed by atoms with van der Waals surface area (Å²) in [6.07, 6.45) is 2.94. The van der Waals surface area contributed by atoms with Crippen LogP contribution in [0.1, 0.15) is 17.4 Å². The van der Waals surface area contributed by atoms with Crippen LogP contribution in [0.15, 0.2) is 47.5 Å². The molecule has 3 heteroatoms. The number of thiophene rings is 1. The summed E-state index contributed by atoms with van der Waals surface area (Å²) in [7, 11) is 1.71. The summed E-state index contributed by atoms with van der Waals surface area (Å²) in [5.74, 6) is 0. The van der Waals surface area contributed by atoms with Crippen LogP contribution >= 0.6 is 11.3 Å². The van der Waals surface area contributed by atoms with Crippen molar-refractivity contribution in [3.8, 4) is 0 Å². The molecular weight excluding hydrogens is 266 g/mol. The van der Waals surface area contributed by atoms with Gasteiger partial charge >= 0.3 is 0 Å². The molecule has 1 N–H and O–H groups in total. The zero-order valence-electron chi connectivity index (χ0n) is 12.1. The molecule has 1 heterocycles. The Kier molecular flexibility index (Phi) is 4.53. The van der Waals surface area contributed by atoms with E-state index in [4.69, 9.17) is 0 Å². The molecule has 2 aromatic rings. The molecule has 0 bridgehead atoms. The molecule has 0 spiro atoms. The Bertz CT molecular complexity index is 692. The third-order valence-corrected chi connectivity index (χ3v) is 4.35. The first-order valence-corrected chi connectivity index (χ1v) is 7.35. The van der Waals surface area contributed by atoms with Gasteiger partial charge in [-0.1, -0.05) is 24.3 Å². The van der Waals surface area contributed by atoms with Crippen LogP contribution < -0.4 is 0 Å². The van der Waals surface area contributed by atoms with Crippen molar-refractivity contribution in [2.75, 3.05) is 7.05 Å². The monoisotopic (exact) mass is 285 g/mol. The number of rotatable bonds is 4. The maximum atomic E-state index is 9.90. The molecule has 1 aromatic carbocycles. The predicted octanol–water partition coefficient (Wildman–Crippen LogP) is 4.23. The van der Waals surface area contributed by atoms with E-state index in [-0.39, 0.29) is 0 Å². The number of allylic oxidation sites excluding steroid dienone is 1. The minimum absolute atomic E-state index is 0.563. The standard InChI is InChI=1S/C17H19NOS/c1-11-5-6-16-14(9-11)10-17(20-16)12(2)15(13(3)19)7-8-18-4/h5-10,13,19H,2H2,1,3-4H3/b15-7+,18-8?. The summed E-state index contributed by atoms with van der Waals surface area (Å²) in [5, 5.41) is 11.1. The minimum Gasteiger partial charge on any atom is -0.389 e. The molecule has 1 atom stereocenters. The number of hydrogen-bond acceptors (Lipinski definition) is 3. The fourth-order valence-electron chi connectivity index (χ4n) is 2.10. The smallest absolute Gasteiger partial charge is 0.0768 e. The van der Waals surface area contributed by atoms with Gasteiger partial charge in [-0.25, -0.2) is 0 Å². The molecular formula is C17H19NOS. The van der Waals surface area contributed by atoms with Crippen LogP contribution in [0.25, 0.3) is 15.7 Å². The molecule has 0 aliphatic carbocycles. The van der Waals surface area contributed by atoms with Gasteiger partial charge in [0.25, 0.3) is 0 Å². The van der Waals surface area contributed by atoms with Crippen LogP contribution in [0.3, 0.4) is 0 Å². The van der Waals surface area contributed by atoms with Crippen molar-refractivity contribution in [3.63, 3.8) is 0 Å².